The first kappa shape index (κ1) is 9.88. The zero-order chi connectivity index (χ0) is 8.81. The Morgan fingerprint density at radius 3 is 3.08 bits per heavy atom. The molecular weight excluding hydrogens is 168 g/mol. The molecule has 0 aromatic rings. The van der Waals surface area contributed by atoms with Crippen molar-refractivity contribution in [3.05, 3.63) is 0 Å². The summed E-state index contributed by atoms with van der Waals surface area (Å²) >= 11 is 1.96. The van der Waals surface area contributed by atoms with E-state index in [1.165, 1.54) is 25.7 Å². The molecule has 68 valence electrons. The number of rotatable bonds is 3. The first-order valence-corrected chi connectivity index (χ1v) is 5.78. The Kier molecular flexibility index (Phi) is 4.49. The number of nitrogens with zero attached hydrogens (tertiary/aromatic N) is 1. The monoisotopic (exact) mass is 184 g/mol. The zero-order valence-corrected chi connectivity index (χ0v) is 8.36. The van der Waals surface area contributed by atoms with Crippen LogP contribution in [-0.2, 0) is 0 Å². The van der Waals surface area contributed by atoms with Crippen LogP contribution in [0.25, 0.3) is 0 Å². The molecule has 0 radical (unpaired) electrons. The summed E-state index contributed by atoms with van der Waals surface area (Å²) in [6.07, 6.45) is 7.33. The second-order valence-corrected chi connectivity index (χ2v) is 4.40. The molecule has 2 atom stereocenters. The van der Waals surface area contributed by atoms with E-state index in [0.29, 0.717) is 12.6 Å². The van der Waals surface area contributed by atoms with Gasteiger partial charge in [0.2, 0.25) is 0 Å². The summed E-state index contributed by atoms with van der Waals surface area (Å²) < 4.78 is 0. The molecule has 1 N–H and O–H groups in total. The van der Waals surface area contributed by atoms with Gasteiger partial charge in [0.15, 0.2) is 0 Å². The summed E-state index contributed by atoms with van der Waals surface area (Å²) in [5, 5.41) is 12.5. The van der Waals surface area contributed by atoms with Crippen molar-refractivity contribution in [3.8, 4) is 6.07 Å². The van der Waals surface area contributed by atoms with Crippen LogP contribution in [-0.4, -0.2) is 24.1 Å². The molecule has 0 aliphatic heterocycles. The summed E-state index contributed by atoms with van der Waals surface area (Å²) in [6.45, 7) is 0.506. The number of thioether (sulfide) groups is 1. The zero-order valence-electron chi connectivity index (χ0n) is 7.55. The van der Waals surface area contributed by atoms with Crippen LogP contribution < -0.4 is 5.32 Å². The maximum atomic E-state index is 8.40. The van der Waals surface area contributed by atoms with Crippen LogP contribution in [0.4, 0.5) is 0 Å². The molecule has 0 aromatic heterocycles. The Bertz CT molecular complexity index is 164. The Hall–Kier alpha value is -0.200. The van der Waals surface area contributed by atoms with Crippen molar-refractivity contribution in [2.45, 2.75) is 37.0 Å². The second-order valence-electron chi connectivity index (χ2n) is 3.26. The van der Waals surface area contributed by atoms with Gasteiger partial charge in [-0.1, -0.05) is 6.42 Å². The van der Waals surface area contributed by atoms with Crippen molar-refractivity contribution in [3.63, 3.8) is 0 Å². The van der Waals surface area contributed by atoms with Gasteiger partial charge in [0.25, 0.3) is 0 Å². The lowest BCUT2D eigenvalue weighted by Crippen LogP contribution is -2.35. The molecule has 3 heteroatoms. The van der Waals surface area contributed by atoms with Crippen LogP contribution in [0.2, 0.25) is 0 Å². The third-order valence-electron chi connectivity index (χ3n) is 2.43. The topological polar surface area (TPSA) is 35.8 Å². The maximum Gasteiger partial charge on any atom is 0.0843 e. The number of hydrogen-bond donors (Lipinski definition) is 1. The van der Waals surface area contributed by atoms with Crippen LogP contribution >= 0.6 is 11.8 Å². The molecule has 0 amide bonds. The van der Waals surface area contributed by atoms with Gasteiger partial charge in [0.1, 0.15) is 0 Å². The molecule has 1 saturated carbocycles. The fraction of sp³-hybridized carbons (Fsp3) is 0.889. The van der Waals surface area contributed by atoms with E-state index in [1.54, 1.807) is 0 Å². The minimum absolute atomic E-state index is 0.506. The Morgan fingerprint density at radius 1 is 1.58 bits per heavy atom. The van der Waals surface area contributed by atoms with Crippen molar-refractivity contribution in [1.29, 1.82) is 5.26 Å². The quantitative estimate of drug-likeness (QED) is 0.679. The summed E-state index contributed by atoms with van der Waals surface area (Å²) in [7, 11) is 0. The maximum absolute atomic E-state index is 8.40. The Labute approximate surface area is 78.7 Å². The van der Waals surface area contributed by atoms with Gasteiger partial charge >= 0.3 is 0 Å². The van der Waals surface area contributed by atoms with E-state index in [9.17, 15) is 0 Å². The minimum Gasteiger partial charge on any atom is -0.302 e. The van der Waals surface area contributed by atoms with Gasteiger partial charge in [-0.2, -0.15) is 17.0 Å². The minimum atomic E-state index is 0.506. The van der Waals surface area contributed by atoms with Crippen molar-refractivity contribution in [2.75, 3.05) is 12.8 Å². The first-order valence-electron chi connectivity index (χ1n) is 4.50. The first-order chi connectivity index (χ1) is 5.86. The molecule has 1 fully saturated rings. The molecule has 0 saturated heterocycles. The number of nitrogens with one attached hydrogen (secondary N) is 1. The molecule has 1 rings (SSSR count). The van der Waals surface area contributed by atoms with Gasteiger partial charge in [-0.3, -0.25) is 0 Å². The summed E-state index contributed by atoms with van der Waals surface area (Å²) in [4.78, 5) is 0. The van der Waals surface area contributed by atoms with Gasteiger partial charge in [-0.15, -0.1) is 0 Å². The summed E-state index contributed by atoms with van der Waals surface area (Å²) in [5.74, 6) is 0. The molecular formula is C9H16N2S. The van der Waals surface area contributed by atoms with Crippen molar-refractivity contribution in [2.24, 2.45) is 0 Å². The van der Waals surface area contributed by atoms with Crippen molar-refractivity contribution in [1.82, 2.24) is 5.32 Å². The van der Waals surface area contributed by atoms with E-state index in [4.69, 9.17) is 5.26 Å². The molecule has 2 nitrogen and oxygen atoms in total. The predicted molar refractivity (Wildman–Crippen MR) is 53.2 cm³/mol. The van der Waals surface area contributed by atoms with Crippen LogP contribution in [0, 0.1) is 11.3 Å². The van der Waals surface area contributed by atoms with E-state index in [-0.39, 0.29) is 0 Å². The highest BCUT2D eigenvalue weighted by Crippen LogP contribution is 2.26. The third-order valence-corrected chi connectivity index (χ3v) is 3.52. The molecule has 1 aliphatic rings. The third kappa shape index (κ3) is 3.04. The van der Waals surface area contributed by atoms with Crippen LogP contribution in [0.15, 0.2) is 0 Å². The lowest BCUT2D eigenvalue weighted by atomic mass is 9.95. The van der Waals surface area contributed by atoms with Gasteiger partial charge in [0.05, 0.1) is 12.6 Å². The lowest BCUT2D eigenvalue weighted by molar-refractivity contribution is 0.394. The fourth-order valence-corrected chi connectivity index (χ4v) is 2.56. The molecule has 2 unspecified atom stereocenters. The lowest BCUT2D eigenvalue weighted by Gasteiger charge is -2.27. The molecule has 0 heterocycles. The van der Waals surface area contributed by atoms with E-state index in [1.807, 2.05) is 11.8 Å². The predicted octanol–water partition coefficient (Wildman–Crippen LogP) is 1.77. The van der Waals surface area contributed by atoms with Crippen molar-refractivity contribution >= 4 is 11.8 Å². The molecule has 12 heavy (non-hydrogen) atoms. The van der Waals surface area contributed by atoms with Gasteiger partial charge in [-0.05, 0) is 25.5 Å². The van der Waals surface area contributed by atoms with Gasteiger partial charge < -0.3 is 5.32 Å². The average molecular weight is 184 g/mol. The second kappa shape index (κ2) is 5.45. The standard InChI is InChI=1S/C9H16N2S/c1-12-9-4-2-3-8(7-9)11-6-5-10/h8-9,11H,2-4,6-7H2,1H3. The summed E-state index contributed by atoms with van der Waals surface area (Å²) in [5.41, 5.74) is 0. The smallest absolute Gasteiger partial charge is 0.0843 e. The normalized spacial score (nSPS) is 29.7. The SMILES string of the molecule is CSC1CCCC(NCC#N)C1. The highest BCUT2D eigenvalue weighted by atomic mass is 32.2. The van der Waals surface area contributed by atoms with E-state index >= 15 is 0 Å². The Morgan fingerprint density at radius 2 is 2.42 bits per heavy atom. The van der Waals surface area contributed by atoms with E-state index in [0.717, 1.165) is 5.25 Å². The van der Waals surface area contributed by atoms with Crippen LogP contribution in [0.3, 0.4) is 0 Å². The number of hydrogen-bond acceptors (Lipinski definition) is 3. The van der Waals surface area contributed by atoms with Gasteiger partial charge in [0, 0.05) is 11.3 Å². The highest BCUT2D eigenvalue weighted by molar-refractivity contribution is 7.99. The Balaban J connectivity index is 2.22. The molecule has 0 aromatic carbocycles. The summed E-state index contributed by atoms with van der Waals surface area (Å²) in [6, 6.07) is 2.72. The fourth-order valence-electron chi connectivity index (χ4n) is 1.73. The van der Waals surface area contributed by atoms with Gasteiger partial charge in [-0.25, -0.2) is 0 Å². The van der Waals surface area contributed by atoms with Crippen molar-refractivity contribution < 1.29 is 0 Å². The molecule has 1 aliphatic carbocycles. The van der Waals surface area contributed by atoms with E-state index < -0.39 is 0 Å². The molecule has 0 spiro atoms. The largest absolute Gasteiger partial charge is 0.302 e. The number of nitriles is 1. The van der Waals surface area contributed by atoms with Crippen LogP contribution in [0.5, 0.6) is 0 Å². The van der Waals surface area contributed by atoms with E-state index in [2.05, 4.69) is 17.6 Å². The van der Waals surface area contributed by atoms with Crippen LogP contribution in [0.1, 0.15) is 25.7 Å². The average Bonchev–Trinajstić information content (AvgIpc) is 2.15. The highest BCUT2D eigenvalue weighted by Gasteiger charge is 2.20. The molecule has 0 bridgehead atoms.